The molecule has 0 radical (unpaired) electrons. The monoisotopic (exact) mass is 1770 g/mol. The highest BCUT2D eigenvalue weighted by Crippen LogP contribution is 2.42. The number of aliphatic hydroxyl groups is 25. The molecule has 0 bridgehead atoms. The molecule has 31 N–H and O–H groups in total. The van der Waals surface area contributed by atoms with Gasteiger partial charge in [-0.05, 0) is 0 Å². The lowest BCUT2D eigenvalue weighted by molar-refractivity contribution is -0.386. The lowest BCUT2D eigenvalue weighted by Crippen LogP contribution is -2.71. The van der Waals surface area contributed by atoms with Crippen LogP contribution in [0.4, 0.5) is 0 Å². The Bertz CT molecular complexity index is 3340. The van der Waals surface area contributed by atoms with Crippen molar-refractivity contribution in [3.8, 4) is 0 Å². The van der Waals surface area contributed by atoms with Crippen LogP contribution in [0, 0.1) is 0 Å². The van der Waals surface area contributed by atoms with Crippen LogP contribution in [0.2, 0.25) is 0 Å². The van der Waals surface area contributed by atoms with Crippen molar-refractivity contribution >= 4 is 35.5 Å². The number of ether oxygens (including phenoxy) is 17. The fraction of sp³-hybridized carbons (Fsp3) is 0.910. The zero-order valence-corrected chi connectivity index (χ0v) is 65.1. The summed E-state index contributed by atoms with van der Waals surface area (Å²) in [5, 5.41) is 300. The van der Waals surface area contributed by atoms with Crippen LogP contribution in [-0.4, -0.2) is 509 Å². The van der Waals surface area contributed by atoms with Crippen molar-refractivity contribution < 1.29 is 242 Å². The number of hydrogen-bond donors (Lipinski definition) is 31. The van der Waals surface area contributed by atoms with Gasteiger partial charge in [0.25, 0.3) is 5.79 Å². The SMILES string of the molecule is CC(=O)N[C@H]1[C@H](O[C@H]2[C@@H](O)[C@@H](CO)O[C@@H](O[C@H]3[C@H](O)[C@@H](NC(C)=O)[C@H](O[C@H]4[C@@H](O)[C@@H](CO)O[C@@H](O[C@H]5[C@H](O)[C@@H](NC(C)=O)[C@H](OC[C@H]6OC(O)[C@H](NC(C)=O)[C@@H](O[C@@H]7O[C@H](CO)[C@H](O)[C@H](O[C@]8(C(=O)O)C[C@H](O)[C@@H](NC(C)=O)[C@H]([C@H](O)[C@H](O)CO)O8)[C@H]7O)[C@H]6O)O[C@@H]5CO)[C@@H]4O)O[C@@H]3CO)[C@@H]2O)O[C@H](CO)[C@@H](O[C@@H]2O[C@H](CO)[C@H](O)[C@H](O)[C@H]2O)[C@@H]1O. The van der Waals surface area contributed by atoms with Gasteiger partial charge in [0.15, 0.2) is 50.3 Å². The molecule has 698 valence electrons. The molecule has 0 aromatic rings. The van der Waals surface area contributed by atoms with Gasteiger partial charge in [-0.25, -0.2) is 4.79 Å². The van der Waals surface area contributed by atoms with Gasteiger partial charge in [0, 0.05) is 41.0 Å². The van der Waals surface area contributed by atoms with Gasteiger partial charge in [-0.2, -0.15) is 0 Å². The third-order valence-electron chi connectivity index (χ3n) is 21.7. The Hall–Kier alpha value is -4.86. The summed E-state index contributed by atoms with van der Waals surface area (Å²) in [5.74, 6) is -9.97. The summed E-state index contributed by atoms with van der Waals surface area (Å²) in [6, 6.07) is -9.26. The molecule has 5 amide bonds. The molecule has 9 aliphatic rings. The minimum atomic E-state index is -3.27. The van der Waals surface area contributed by atoms with E-state index in [1.54, 1.807) is 0 Å². The standard InChI is InChI=1S/C67H111N5O49/c1-16(81)68-31-21(86)6-67(66(103)104,120-54(31)36(88)22(87)7-73)121-57-40(92)26(11-77)110-65(49(57)101)117-53-35(72-20(5)85)58(102)106-30(41(53)93)15-105-59-32(69-17(2)82)42(94)50(27(12-78)111-59)115-63-47(99)55(38(90)24(9-75)108-63)119-61-34(71-19(4)84)44(96)52(29(14-80)113-61)116-64-48(100)56(39(91)25(10-76)109-64)118-60-33(70-18(3)83)43(95)51(28(13-79)112-60)114-62-46(98)45(97)37(89)23(8-74)107-62/h21-65,73-80,86-102H,6-15H2,1-5H3,(H,68,81)(H,69,82)(H,70,83)(H,71,84)(H,72,85)(H,103,104)/t21-,22+,23+,24+,25+,26+,27+,28+,29+,30+,31+,32+,33+,34+,35+,36+,37-,38-,39-,40-,41-,42+,43+,44+,45-,46+,47+,48+,49+,50+,51+,52+,53+,54+,55-,56-,57-,58?,59+,60-,61-,62-,63-,64-,65-,67-/m0/s1. The summed E-state index contributed by atoms with van der Waals surface area (Å²) in [6.07, 6.45) is -84.6. The highest BCUT2D eigenvalue weighted by atomic mass is 16.8. The first-order valence-corrected chi connectivity index (χ1v) is 38.3. The van der Waals surface area contributed by atoms with Crippen molar-refractivity contribution in [2.45, 2.75) is 323 Å². The maximum absolute atomic E-state index is 13.2. The van der Waals surface area contributed by atoms with Crippen LogP contribution in [0.15, 0.2) is 0 Å². The maximum Gasteiger partial charge on any atom is 0.364 e. The Balaban J connectivity index is 0.891. The smallest absolute Gasteiger partial charge is 0.364 e. The topological polar surface area (TPSA) is 845 Å². The number of carbonyl (C=O) groups excluding carboxylic acids is 5. The van der Waals surface area contributed by atoms with E-state index >= 15 is 0 Å². The van der Waals surface area contributed by atoms with Crippen molar-refractivity contribution in [1.29, 1.82) is 0 Å². The summed E-state index contributed by atoms with van der Waals surface area (Å²) < 4.78 is 99.1. The van der Waals surface area contributed by atoms with Crippen LogP contribution in [0.5, 0.6) is 0 Å². The molecule has 0 aromatic carbocycles. The third-order valence-corrected chi connectivity index (χ3v) is 21.7. The molecule has 0 spiro atoms. The van der Waals surface area contributed by atoms with Crippen molar-refractivity contribution in [3.05, 3.63) is 0 Å². The number of nitrogens with one attached hydrogen (secondary N) is 5. The number of aliphatic hydroxyl groups excluding tert-OH is 25. The molecule has 54 nitrogen and oxygen atoms in total. The summed E-state index contributed by atoms with van der Waals surface area (Å²) in [4.78, 5) is 76.6. The van der Waals surface area contributed by atoms with E-state index < -0.39 is 383 Å². The molecule has 9 aliphatic heterocycles. The molecule has 9 fully saturated rings. The lowest BCUT2D eigenvalue weighted by atomic mass is 9.88. The molecular weight excluding hydrogens is 1660 g/mol. The minimum absolute atomic E-state index is 0.862. The van der Waals surface area contributed by atoms with E-state index in [1.807, 2.05) is 0 Å². The number of carbonyl (C=O) groups is 6. The van der Waals surface area contributed by atoms with Gasteiger partial charge < -0.3 is 240 Å². The molecule has 0 aliphatic carbocycles. The Labute approximate surface area is 684 Å². The van der Waals surface area contributed by atoms with Gasteiger partial charge in [0.2, 0.25) is 29.5 Å². The second-order valence-electron chi connectivity index (χ2n) is 30.3. The van der Waals surface area contributed by atoms with Gasteiger partial charge in [-0.15, -0.1) is 0 Å². The number of hydrogen-bond acceptors (Lipinski definition) is 48. The molecule has 0 aromatic heterocycles. The molecule has 54 heteroatoms. The highest BCUT2D eigenvalue weighted by Gasteiger charge is 2.63. The second-order valence-corrected chi connectivity index (χ2v) is 30.3. The van der Waals surface area contributed by atoms with E-state index in [9.17, 15) is 162 Å². The highest BCUT2D eigenvalue weighted by molar-refractivity contribution is 5.77. The quantitative estimate of drug-likeness (QED) is 0.0290. The zero-order chi connectivity index (χ0) is 89.6. The fourth-order valence-electron chi connectivity index (χ4n) is 15.6. The lowest BCUT2D eigenvalue weighted by Gasteiger charge is -2.51. The first kappa shape index (κ1) is 99.9. The average Bonchev–Trinajstić information content (AvgIpc) is 0.667. The van der Waals surface area contributed by atoms with E-state index in [0.717, 1.165) is 34.6 Å². The summed E-state index contributed by atoms with van der Waals surface area (Å²) in [6.45, 7) is -5.23. The first-order valence-electron chi connectivity index (χ1n) is 38.3. The predicted molar refractivity (Wildman–Crippen MR) is 372 cm³/mol. The Kier molecular flexibility index (Phi) is 35.7. The predicted octanol–water partition coefficient (Wildman–Crippen LogP) is -20.7. The Morgan fingerprint density at radius 1 is 0.339 bits per heavy atom. The van der Waals surface area contributed by atoms with Gasteiger partial charge in [-0.1, -0.05) is 0 Å². The van der Waals surface area contributed by atoms with E-state index in [1.165, 1.54) is 0 Å². The van der Waals surface area contributed by atoms with Crippen LogP contribution >= 0.6 is 0 Å². The van der Waals surface area contributed by atoms with Crippen LogP contribution in [0.1, 0.15) is 41.0 Å². The number of amides is 5. The minimum Gasteiger partial charge on any atom is -0.477 e. The molecule has 121 heavy (non-hydrogen) atoms. The molecular formula is C67H111N5O49. The zero-order valence-electron chi connectivity index (χ0n) is 65.1. The van der Waals surface area contributed by atoms with Crippen molar-refractivity contribution in [2.24, 2.45) is 0 Å². The number of carboxylic acid groups (broad SMARTS) is 1. The van der Waals surface area contributed by atoms with E-state index in [2.05, 4.69) is 26.6 Å². The first-order chi connectivity index (χ1) is 57.1. The van der Waals surface area contributed by atoms with Crippen molar-refractivity contribution in [2.75, 3.05) is 59.5 Å². The molecule has 9 saturated heterocycles. The van der Waals surface area contributed by atoms with E-state index in [0.29, 0.717) is 0 Å². The Morgan fingerprint density at radius 2 is 0.653 bits per heavy atom. The average molecular weight is 1770 g/mol. The van der Waals surface area contributed by atoms with Crippen molar-refractivity contribution in [3.63, 3.8) is 0 Å². The molecule has 1 unspecified atom stereocenters. The molecule has 0 saturated carbocycles. The van der Waals surface area contributed by atoms with Gasteiger partial charge >= 0.3 is 5.97 Å². The maximum atomic E-state index is 13.2. The van der Waals surface area contributed by atoms with Crippen LogP contribution in [0.25, 0.3) is 0 Å². The van der Waals surface area contributed by atoms with Crippen molar-refractivity contribution in [1.82, 2.24) is 26.6 Å². The number of aliphatic carboxylic acids is 1. The number of carboxylic acids is 1. The summed E-state index contributed by atoms with van der Waals surface area (Å²) in [5.41, 5.74) is 0. The molecule has 46 atom stereocenters. The van der Waals surface area contributed by atoms with Crippen LogP contribution in [0.3, 0.4) is 0 Å². The van der Waals surface area contributed by atoms with E-state index in [4.69, 9.17) is 80.5 Å². The number of rotatable bonds is 33. The van der Waals surface area contributed by atoms with Gasteiger partial charge in [0.05, 0.1) is 71.6 Å². The third kappa shape index (κ3) is 22.3. The fourth-order valence-corrected chi connectivity index (χ4v) is 15.6. The second kappa shape index (κ2) is 43.3. The molecule has 9 rings (SSSR count). The molecule has 9 heterocycles. The van der Waals surface area contributed by atoms with Crippen LogP contribution in [-0.2, 0) is 109 Å². The summed E-state index contributed by atoms with van der Waals surface area (Å²) >= 11 is 0. The normalized spacial score (nSPS) is 46.6. The van der Waals surface area contributed by atoms with Gasteiger partial charge in [0.1, 0.15) is 213 Å². The largest absolute Gasteiger partial charge is 0.477 e. The Morgan fingerprint density at radius 3 is 1.03 bits per heavy atom. The van der Waals surface area contributed by atoms with Crippen LogP contribution < -0.4 is 26.6 Å². The van der Waals surface area contributed by atoms with Gasteiger partial charge in [-0.3, -0.25) is 24.0 Å². The van der Waals surface area contributed by atoms with E-state index in [-0.39, 0.29) is 0 Å². The summed E-state index contributed by atoms with van der Waals surface area (Å²) in [7, 11) is 0.